The normalized spacial score (nSPS) is 12.4. The molecule has 0 radical (unpaired) electrons. The first kappa shape index (κ1) is 78.6. The molecule has 9 heteroatoms. The van der Waals surface area contributed by atoms with Gasteiger partial charge in [0.25, 0.3) is 13.4 Å². The zero-order valence-corrected chi connectivity index (χ0v) is 75.1. The van der Waals surface area contributed by atoms with E-state index in [4.69, 9.17) is 15.0 Å². The van der Waals surface area contributed by atoms with E-state index >= 15 is 0 Å². The third-order valence-corrected chi connectivity index (χ3v) is 29.1. The van der Waals surface area contributed by atoms with E-state index < -0.39 is 0 Å². The van der Waals surface area contributed by atoms with Crippen molar-refractivity contribution in [2.45, 2.75) is 0 Å². The van der Waals surface area contributed by atoms with E-state index in [9.17, 15) is 0 Å². The van der Waals surface area contributed by atoms with Gasteiger partial charge in [-0.05, 0) is 241 Å². The Morgan fingerprint density at radius 3 is 0.746 bits per heavy atom. The van der Waals surface area contributed by atoms with Crippen LogP contribution in [-0.4, -0.2) is 37.5 Å². The maximum atomic E-state index is 5.65. The van der Waals surface area contributed by atoms with E-state index in [0.29, 0.717) is 17.5 Å². The van der Waals surface area contributed by atoms with Gasteiger partial charge < -0.3 is 18.9 Å². The summed E-state index contributed by atoms with van der Waals surface area (Å²) in [4.78, 5) is 21.6. The number of hydrogen-bond donors (Lipinski definition) is 0. The van der Waals surface area contributed by atoms with Gasteiger partial charge in [0.2, 0.25) is 0 Å². The Labute approximate surface area is 800 Å². The molecule has 638 valence electrons. The summed E-state index contributed by atoms with van der Waals surface area (Å²) in [6.45, 7) is -0.292. The van der Waals surface area contributed by atoms with Gasteiger partial charge in [0.1, 0.15) is 0 Å². The van der Waals surface area contributed by atoms with Crippen molar-refractivity contribution >= 4 is 124 Å². The molecular formula is C129H81B2N7. The van der Waals surface area contributed by atoms with Gasteiger partial charge in [0.05, 0.1) is 11.0 Å². The average molecular weight is 1750 g/mol. The van der Waals surface area contributed by atoms with Gasteiger partial charge >= 0.3 is 0 Å². The van der Waals surface area contributed by atoms with Crippen LogP contribution in [0.2, 0.25) is 0 Å². The van der Waals surface area contributed by atoms with Crippen LogP contribution < -0.4 is 42.6 Å². The van der Waals surface area contributed by atoms with Crippen LogP contribution in [0.1, 0.15) is 0 Å². The van der Waals surface area contributed by atoms with Crippen LogP contribution in [0.15, 0.2) is 491 Å². The van der Waals surface area contributed by atoms with Crippen molar-refractivity contribution in [1.82, 2.24) is 24.1 Å². The summed E-state index contributed by atoms with van der Waals surface area (Å²) in [5.74, 6) is 1.71. The van der Waals surface area contributed by atoms with Gasteiger partial charge in [-0.25, -0.2) is 15.0 Å². The lowest BCUT2D eigenvalue weighted by molar-refractivity contribution is 1.07. The van der Waals surface area contributed by atoms with Crippen LogP contribution in [0, 0.1) is 0 Å². The Morgan fingerprint density at radius 2 is 0.391 bits per heavy atom. The molecule has 0 bridgehead atoms. The van der Waals surface area contributed by atoms with Crippen LogP contribution >= 0.6 is 0 Å². The van der Waals surface area contributed by atoms with Gasteiger partial charge in [-0.15, -0.1) is 0 Å². The lowest BCUT2D eigenvalue weighted by Crippen LogP contribution is -2.61. The molecule has 4 aliphatic rings. The zero-order valence-electron chi connectivity index (χ0n) is 75.1. The summed E-state index contributed by atoms with van der Waals surface area (Å²) in [6.07, 6.45) is 0. The summed E-state index contributed by atoms with van der Waals surface area (Å²) in [7, 11) is 0. The van der Waals surface area contributed by atoms with E-state index in [0.717, 1.165) is 123 Å². The van der Waals surface area contributed by atoms with Crippen molar-refractivity contribution < 1.29 is 0 Å². The predicted molar refractivity (Wildman–Crippen MR) is 578 cm³/mol. The highest BCUT2D eigenvalue weighted by Gasteiger charge is 2.46. The predicted octanol–water partition coefficient (Wildman–Crippen LogP) is 29.0. The first-order valence-electron chi connectivity index (χ1n) is 47.6. The molecule has 4 aliphatic heterocycles. The lowest BCUT2D eigenvalue weighted by atomic mass is 9.33. The van der Waals surface area contributed by atoms with E-state index in [1.807, 2.05) is 6.07 Å². The monoisotopic (exact) mass is 1750 g/mol. The van der Waals surface area contributed by atoms with Crippen molar-refractivity contribution in [2.75, 3.05) is 9.80 Å². The van der Waals surface area contributed by atoms with E-state index in [-0.39, 0.29) is 13.4 Å². The third kappa shape index (κ3) is 12.9. The molecule has 7 heterocycles. The molecule has 0 fully saturated rings. The SMILES string of the molecule is c1ccc(-c2ccc(N3c4ccc(-c5ccccc5)cc4B4c5cc(-c6ccccc6)ccc5N(c5ccc(-c6ccccc6)cc5)c5cc(-c6nc(-c7ccccc7)nc(-c7ccc(-c8ccc(-c9ccc(-c%10cc%11c%12c(c%10)c%10cc(-c%13ccccc%13)ccc%10n%12-c%10cccc%12c%10B%11c%10cc(-c%11ccccc%11)cc%11c%13cc(-c%14ccccc%14)ccc%13n-%12c%10%11)cc9)cc8)cc7)n6)cc3c54)cc2)cc1. The quantitative estimate of drug-likeness (QED) is 0.0958. The highest BCUT2D eigenvalue weighted by atomic mass is 15.2. The molecule has 0 N–H and O–H groups in total. The fourth-order valence-corrected chi connectivity index (χ4v) is 22.6. The standard InChI is InChI=1S/C129H81B2N7/c1-9-26-82(27-10-1)93-56-64-105(65-57-93)135-117-70-62-100(86-34-17-5-18-35-86)76-111(117)130-112-77-101(87-36-19-6-20-37-87)63-71-118(112)136(106-66-58-94(59-67-106)83-28-11-2-12-29-83)122-81-104(80-121(135)124(122)130)129-133-127(96-40-23-8-24-41-96)132-128(134-129)97-54-52-92(53-55-97)90-46-44-89(45-47-90)91-48-50-95(51-49-91)103-75-110-108-73-99(85-32-15-4-16-33-85)61-69-116(108)138-120-43-25-42-119-123(120)131(114(79-103)126(110)138)113-78-102(88-38-21-7-22-39-88)74-109-107-72-98(84-30-13-3-14-31-84)60-68-115(107)137(119)125(109)113/h1-81H. The van der Waals surface area contributed by atoms with Gasteiger partial charge in [0.15, 0.2) is 17.5 Å². The Balaban J connectivity index is 0.554. The largest absolute Gasteiger partial charge is 0.311 e. The molecule has 0 atom stereocenters. The summed E-state index contributed by atoms with van der Waals surface area (Å²) in [5, 5.41) is 4.99. The highest BCUT2D eigenvalue weighted by molar-refractivity contribution is 7.01. The number of benzene rings is 21. The van der Waals surface area contributed by atoms with E-state index in [2.05, 4.69) is 504 Å². The Kier molecular flexibility index (Phi) is 18.1. The van der Waals surface area contributed by atoms with Gasteiger partial charge in [-0.1, -0.05) is 394 Å². The summed E-state index contributed by atoms with van der Waals surface area (Å²) < 4.78 is 5.17. The van der Waals surface area contributed by atoms with Crippen LogP contribution in [0.4, 0.5) is 34.1 Å². The fourth-order valence-electron chi connectivity index (χ4n) is 22.6. The molecule has 24 aromatic rings. The molecule has 138 heavy (non-hydrogen) atoms. The molecule has 0 spiro atoms. The molecule has 3 aromatic heterocycles. The Bertz CT molecular complexity index is 8800. The number of aromatic nitrogens is 5. The average Bonchev–Trinajstić information content (AvgIpc) is 1.50. The van der Waals surface area contributed by atoms with Gasteiger partial charge in [-0.2, -0.15) is 0 Å². The second-order valence-electron chi connectivity index (χ2n) is 36.8. The lowest BCUT2D eigenvalue weighted by Gasteiger charge is -2.44. The van der Waals surface area contributed by atoms with Crippen molar-refractivity contribution in [3.63, 3.8) is 0 Å². The van der Waals surface area contributed by atoms with Crippen molar-refractivity contribution in [3.8, 4) is 157 Å². The maximum absolute atomic E-state index is 5.65. The molecule has 28 rings (SSSR count). The summed E-state index contributed by atoms with van der Waals surface area (Å²) in [5.41, 5.74) is 47.1. The summed E-state index contributed by atoms with van der Waals surface area (Å²) >= 11 is 0. The Morgan fingerprint density at radius 1 is 0.152 bits per heavy atom. The van der Waals surface area contributed by atoms with E-state index in [1.54, 1.807) is 0 Å². The number of hydrogen-bond acceptors (Lipinski definition) is 5. The first-order valence-corrected chi connectivity index (χ1v) is 47.6. The molecule has 7 nitrogen and oxygen atoms in total. The summed E-state index contributed by atoms with van der Waals surface area (Å²) in [6, 6.07) is 181. The second kappa shape index (κ2) is 31.9. The zero-order chi connectivity index (χ0) is 90.6. The fraction of sp³-hybridized carbons (Fsp3) is 0. The molecule has 0 saturated carbocycles. The minimum Gasteiger partial charge on any atom is -0.311 e. The van der Waals surface area contributed by atoms with Crippen LogP contribution in [-0.2, 0) is 0 Å². The number of fused-ring (bicyclic) bond motifs is 14. The molecule has 0 aliphatic carbocycles. The Hall–Kier alpha value is -18.0. The van der Waals surface area contributed by atoms with Gasteiger partial charge in [-0.3, -0.25) is 0 Å². The molecule has 0 amide bonds. The van der Waals surface area contributed by atoms with E-state index in [1.165, 1.54) is 127 Å². The third-order valence-electron chi connectivity index (χ3n) is 29.1. The molecule has 0 saturated heterocycles. The number of anilines is 6. The molecular weight excluding hydrogens is 1670 g/mol. The van der Waals surface area contributed by atoms with Crippen LogP contribution in [0.5, 0.6) is 0 Å². The van der Waals surface area contributed by atoms with Crippen LogP contribution in [0.3, 0.4) is 0 Å². The maximum Gasteiger partial charge on any atom is 0.252 e. The highest BCUT2D eigenvalue weighted by Crippen LogP contribution is 2.50. The van der Waals surface area contributed by atoms with Crippen LogP contribution in [0.25, 0.3) is 200 Å². The minimum absolute atomic E-state index is 0.0797. The molecule has 0 unspecified atom stereocenters. The number of rotatable bonds is 15. The number of nitrogens with zero attached hydrogens (tertiary/aromatic N) is 7. The topological polar surface area (TPSA) is 55.0 Å². The molecule has 21 aromatic carbocycles. The smallest absolute Gasteiger partial charge is 0.252 e. The van der Waals surface area contributed by atoms with Crippen molar-refractivity contribution in [3.05, 3.63) is 491 Å². The second-order valence-corrected chi connectivity index (χ2v) is 36.8. The van der Waals surface area contributed by atoms with Gasteiger partial charge in [0, 0.05) is 94.8 Å². The minimum atomic E-state index is -0.213. The van der Waals surface area contributed by atoms with Crippen molar-refractivity contribution in [2.24, 2.45) is 0 Å². The first-order chi connectivity index (χ1) is 68.4. The van der Waals surface area contributed by atoms with Crippen molar-refractivity contribution in [1.29, 1.82) is 0 Å².